The number of halogens is 6. The van der Waals surface area contributed by atoms with Gasteiger partial charge < -0.3 is 11.1 Å². The summed E-state index contributed by atoms with van der Waals surface area (Å²) in [5, 5.41) is 6.90. The first kappa shape index (κ1) is 24.2. The molecule has 0 saturated heterocycles. The van der Waals surface area contributed by atoms with Crippen LogP contribution in [0.1, 0.15) is 35.8 Å². The Hall–Kier alpha value is -3.45. The van der Waals surface area contributed by atoms with E-state index in [0.29, 0.717) is 30.6 Å². The van der Waals surface area contributed by atoms with Gasteiger partial charge in [0.2, 0.25) is 11.7 Å². The number of pyridine rings is 1. The molecule has 0 saturated carbocycles. The smallest absolute Gasteiger partial charge is 0.380 e. The summed E-state index contributed by atoms with van der Waals surface area (Å²) in [6.45, 7) is 2.04. The lowest BCUT2D eigenvalue weighted by atomic mass is 10.0. The van der Waals surface area contributed by atoms with Gasteiger partial charge >= 0.3 is 12.4 Å². The van der Waals surface area contributed by atoms with Crippen LogP contribution < -0.4 is 11.1 Å². The molecule has 1 amide bonds. The molecular weight excluding hydrogens is 456 g/mol. The first-order valence-electron chi connectivity index (χ1n) is 9.62. The van der Waals surface area contributed by atoms with Crippen molar-refractivity contribution in [1.29, 1.82) is 0 Å². The summed E-state index contributed by atoms with van der Waals surface area (Å²) >= 11 is 0. The number of hydrogen-bond acceptors (Lipinski definition) is 4. The molecule has 3 rings (SSSR count). The number of hydrogen-bond donors (Lipinski definition) is 2. The summed E-state index contributed by atoms with van der Waals surface area (Å²) in [7, 11) is 1.09. The number of rotatable bonds is 2. The standard InChI is InChI=1S/C19H19F6N7O/c1-9-8-28-14(18(20,21)22)6-10(9)12-7-13-11(4-3-5-32(13)31-12)29-16(33)15(27-2)30-17(26)19(23,24)25/h6-8,11H,3-5H2,1-2H3,(H,29,33)(H2,26,27,30). The van der Waals surface area contributed by atoms with Crippen LogP contribution in [0.2, 0.25) is 0 Å². The number of aliphatic imine (C=N–C) groups is 2. The van der Waals surface area contributed by atoms with Gasteiger partial charge in [0, 0.05) is 25.4 Å². The normalized spacial score (nSPS) is 17.6. The molecule has 0 aromatic carbocycles. The predicted molar refractivity (Wildman–Crippen MR) is 106 cm³/mol. The summed E-state index contributed by atoms with van der Waals surface area (Å²) in [6.07, 6.45) is -7.47. The number of aromatic nitrogens is 3. The SMILES string of the molecule is CN=C(N=C(N)C(F)(F)F)C(=O)NC1CCCn2nc(-c3cc(C(F)(F)F)ncc3C)cc21. The van der Waals surface area contributed by atoms with E-state index in [2.05, 4.69) is 25.4 Å². The van der Waals surface area contributed by atoms with Crippen LogP contribution in [0.3, 0.4) is 0 Å². The van der Waals surface area contributed by atoms with Gasteiger partial charge in [-0.15, -0.1) is 0 Å². The number of nitrogens with one attached hydrogen (secondary N) is 1. The number of carbonyl (C=O) groups is 1. The average molecular weight is 475 g/mol. The summed E-state index contributed by atoms with van der Waals surface area (Å²) in [5.41, 5.74) is 5.23. The molecule has 3 N–H and O–H groups in total. The Morgan fingerprint density at radius 3 is 2.55 bits per heavy atom. The Balaban J connectivity index is 1.90. The third kappa shape index (κ3) is 5.31. The van der Waals surface area contributed by atoms with Crippen molar-refractivity contribution in [3.05, 3.63) is 35.3 Å². The van der Waals surface area contributed by atoms with Gasteiger partial charge in [0.25, 0.3) is 5.91 Å². The summed E-state index contributed by atoms with van der Waals surface area (Å²) in [4.78, 5) is 22.4. The second-order valence-electron chi connectivity index (χ2n) is 7.27. The minimum absolute atomic E-state index is 0.225. The first-order chi connectivity index (χ1) is 15.3. The highest BCUT2D eigenvalue weighted by Crippen LogP contribution is 2.34. The molecule has 1 unspecified atom stereocenters. The molecule has 2 aromatic heterocycles. The zero-order valence-corrected chi connectivity index (χ0v) is 17.4. The van der Waals surface area contributed by atoms with Gasteiger partial charge in [-0.05, 0) is 37.5 Å². The van der Waals surface area contributed by atoms with Gasteiger partial charge in [0.1, 0.15) is 5.69 Å². The summed E-state index contributed by atoms with van der Waals surface area (Å²) < 4.78 is 78.7. The second-order valence-corrected chi connectivity index (χ2v) is 7.27. The fraction of sp³-hybridized carbons (Fsp3) is 0.421. The number of carbonyl (C=O) groups excluding carboxylic acids is 1. The molecule has 0 radical (unpaired) electrons. The summed E-state index contributed by atoms with van der Waals surface area (Å²) in [6, 6.07) is 1.76. The molecule has 1 aliphatic heterocycles. The minimum Gasteiger partial charge on any atom is -0.380 e. The third-order valence-corrected chi connectivity index (χ3v) is 4.94. The molecular formula is C19H19F6N7O. The van der Waals surface area contributed by atoms with Crippen LogP contribution in [0.15, 0.2) is 28.3 Å². The van der Waals surface area contributed by atoms with E-state index in [1.165, 1.54) is 10.7 Å². The molecule has 8 nitrogen and oxygen atoms in total. The van der Waals surface area contributed by atoms with Crippen LogP contribution in [-0.4, -0.2) is 45.6 Å². The maximum Gasteiger partial charge on any atom is 0.449 e. The first-order valence-corrected chi connectivity index (χ1v) is 9.62. The molecule has 1 aliphatic rings. The lowest BCUT2D eigenvalue weighted by Gasteiger charge is -2.24. The average Bonchev–Trinajstić information content (AvgIpc) is 3.15. The van der Waals surface area contributed by atoms with Crippen molar-refractivity contribution < 1.29 is 31.1 Å². The molecule has 0 bridgehead atoms. The number of alkyl halides is 6. The molecule has 0 fully saturated rings. The monoisotopic (exact) mass is 475 g/mol. The van der Waals surface area contributed by atoms with Gasteiger partial charge in [-0.1, -0.05) is 0 Å². The molecule has 33 heavy (non-hydrogen) atoms. The number of fused-ring (bicyclic) bond motifs is 1. The highest BCUT2D eigenvalue weighted by atomic mass is 19.4. The van der Waals surface area contributed by atoms with E-state index in [1.807, 2.05) is 0 Å². The number of amides is 1. The fourth-order valence-electron chi connectivity index (χ4n) is 3.32. The third-order valence-electron chi connectivity index (χ3n) is 4.94. The van der Waals surface area contributed by atoms with Crippen molar-refractivity contribution in [1.82, 2.24) is 20.1 Å². The second kappa shape index (κ2) is 8.83. The van der Waals surface area contributed by atoms with Crippen molar-refractivity contribution in [3.63, 3.8) is 0 Å². The zero-order chi connectivity index (χ0) is 24.6. The number of amidine groups is 2. The largest absolute Gasteiger partial charge is 0.449 e. The van der Waals surface area contributed by atoms with Gasteiger partial charge in [0.15, 0.2) is 0 Å². The van der Waals surface area contributed by atoms with Gasteiger partial charge in [-0.25, -0.2) is 4.99 Å². The molecule has 14 heteroatoms. The van der Waals surface area contributed by atoms with Crippen molar-refractivity contribution in [2.24, 2.45) is 15.7 Å². The fourth-order valence-corrected chi connectivity index (χ4v) is 3.32. The molecule has 178 valence electrons. The van der Waals surface area contributed by atoms with Crippen LogP contribution in [-0.2, 0) is 17.5 Å². The summed E-state index contributed by atoms with van der Waals surface area (Å²) in [5.74, 6) is -3.46. The van der Waals surface area contributed by atoms with E-state index in [1.54, 1.807) is 6.92 Å². The van der Waals surface area contributed by atoms with Crippen LogP contribution in [0, 0.1) is 6.92 Å². The van der Waals surface area contributed by atoms with Crippen molar-refractivity contribution in [2.75, 3.05) is 7.05 Å². The topological polar surface area (TPSA) is 111 Å². The Labute approximate surface area is 183 Å². The molecule has 1 atom stereocenters. The van der Waals surface area contributed by atoms with Crippen molar-refractivity contribution in [2.45, 2.75) is 44.7 Å². The van der Waals surface area contributed by atoms with E-state index in [9.17, 15) is 31.1 Å². The molecule has 0 aliphatic carbocycles. The minimum atomic E-state index is -4.92. The van der Waals surface area contributed by atoms with Gasteiger partial charge in [-0.3, -0.25) is 19.5 Å². The van der Waals surface area contributed by atoms with Crippen LogP contribution in [0.25, 0.3) is 11.3 Å². The van der Waals surface area contributed by atoms with Crippen LogP contribution >= 0.6 is 0 Å². The Kier molecular flexibility index (Phi) is 6.47. The van der Waals surface area contributed by atoms with E-state index in [-0.39, 0.29) is 11.3 Å². The highest BCUT2D eigenvalue weighted by Gasteiger charge is 2.35. The Morgan fingerprint density at radius 1 is 1.24 bits per heavy atom. The maximum absolute atomic E-state index is 13.1. The molecule has 2 aromatic rings. The molecule has 0 spiro atoms. The van der Waals surface area contributed by atoms with E-state index in [4.69, 9.17) is 5.73 Å². The lowest BCUT2D eigenvalue weighted by molar-refractivity contribution is -0.141. The van der Waals surface area contributed by atoms with E-state index < -0.39 is 41.7 Å². The predicted octanol–water partition coefficient (Wildman–Crippen LogP) is 3.17. The number of nitrogens with zero attached hydrogens (tertiary/aromatic N) is 5. The van der Waals surface area contributed by atoms with Crippen molar-refractivity contribution in [3.8, 4) is 11.3 Å². The van der Waals surface area contributed by atoms with E-state index in [0.717, 1.165) is 19.3 Å². The Morgan fingerprint density at radius 2 is 1.94 bits per heavy atom. The van der Waals surface area contributed by atoms with Gasteiger partial charge in [-0.2, -0.15) is 31.4 Å². The van der Waals surface area contributed by atoms with Gasteiger partial charge in [0.05, 0.1) is 17.4 Å². The van der Waals surface area contributed by atoms with E-state index >= 15 is 0 Å². The molecule has 3 heterocycles. The van der Waals surface area contributed by atoms with Crippen molar-refractivity contribution >= 4 is 17.6 Å². The van der Waals surface area contributed by atoms with Crippen LogP contribution in [0.4, 0.5) is 26.3 Å². The number of aryl methyl sites for hydroxylation is 2. The highest BCUT2D eigenvalue weighted by molar-refractivity contribution is 6.40. The zero-order valence-electron chi connectivity index (χ0n) is 17.4. The quantitative estimate of drug-likeness (QED) is 0.395. The maximum atomic E-state index is 13.1. The Bertz CT molecular complexity index is 1120. The lowest BCUT2D eigenvalue weighted by Crippen LogP contribution is -2.39. The number of nitrogens with two attached hydrogens (primary N) is 1. The van der Waals surface area contributed by atoms with Crippen LogP contribution in [0.5, 0.6) is 0 Å².